The molecule has 5 rings (SSSR count). The van der Waals surface area contributed by atoms with E-state index < -0.39 is 0 Å². The van der Waals surface area contributed by atoms with Crippen LogP contribution in [0.4, 0.5) is 0 Å². The summed E-state index contributed by atoms with van der Waals surface area (Å²) < 4.78 is 12.9. The molecule has 182 valence electrons. The van der Waals surface area contributed by atoms with Gasteiger partial charge in [-0.05, 0) is 55.3 Å². The zero-order valence-electron chi connectivity index (χ0n) is 20.2. The van der Waals surface area contributed by atoms with Gasteiger partial charge in [-0.25, -0.2) is 9.67 Å². The summed E-state index contributed by atoms with van der Waals surface area (Å²) in [4.78, 5) is 22.4. The average Bonchev–Trinajstić information content (AvgIpc) is 3.57. The molecule has 5 aromatic rings. The number of hydrogen-bond acceptors (Lipinski definition) is 6. The van der Waals surface area contributed by atoms with Crippen molar-refractivity contribution in [1.82, 2.24) is 25.1 Å². The molecule has 4 aromatic heterocycles. The quantitative estimate of drug-likeness (QED) is 0.319. The molecule has 0 radical (unpaired) electrons. The molecule has 8 heteroatoms. The van der Waals surface area contributed by atoms with Crippen molar-refractivity contribution in [2.75, 3.05) is 0 Å². The molecule has 0 fully saturated rings. The first-order chi connectivity index (χ1) is 17.6. The smallest absolute Gasteiger partial charge is 0.252 e. The summed E-state index contributed by atoms with van der Waals surface area (Å²) in [6.07, 6.45) is 6.89. The largest absolute Gasteiger partial charge is 0.467 e. The number of rotatable bonds is 9. The van der Waals surface area contributed by atoms with Gasteiger partial charge in [-0.15, -0.1) is 0 Å². The highest BCUT2D eigenvalue weighted by molar-refractivity contribution is 6.06. The number of benzene rings is 1. The van der Waals surface area contributed by atoms with Crippen molar-refractivity contribution in [1.29, 1.82) is 0 Å². The van der Waals surface area contributed by atoms with Gasteiger partial charge in [-0.3, -0.25) is 9.78 Å². The molecular weight excluding hydrogens is 454 g/mol. The van der Waals surface area contributed by atoms with E-state index in [4.69, 9.17) is 14.1 Å². The molecule has 0 bridgehead atoms. The molecule has 0 aliphatic carbocycles. The van der Waals surface area contributed by atoms with Crippen LogP contribution in [0.1, 0.15) is 41.1 Å². The fourth-order valence-electron chi connectivity index (χ4n) is 3.93. The monoisotopic (exact) mass is 481 g/mol. The van der Waals surface area contributed by atoms with Gasteiger partial charge >= 0.3 is 0 Å². The van der Waals surface area contributed by atoms with Crippen molar-refractivity contribution in [3.05, 3.63) is 102 Å². The number of carbonyl (C=O) groups excluding carboxylic acids is 1. The number of fused-ring (bicyclic) bond motifs is 1. The van der Waals surface area contributed by atoms with Gasteiger partial charge in [0.15, 0.2) is 5.65 Å². The summed E-state index contributed by atoms with van der Waals surface area (Å²) in [6.45, 7) is 5.35. The number of nitrogens with one attached hydrogen (secondary N) is 1. The maximum atomic E-state index is 13.4. The van der Waals surface area contributed by atoms with Gasteiger partial charge in [0, 0.05) is 24.5 Å². The van der Waals surface area contributed by atoms with Gasteiger partial charge in [0.1, 0.15) is 12.3 Å². The standard InChI is InChI=1S/C28H27N5O3/c1-19(2)36-18-21-7-3-6-20(12-21)14-30-28(34)24-13-26(22-8-4-10-29-15-22)32-27-25(24)16-31-33(27)17-23-9-5-11-35-23/h3-13,15-16,19H,14,17-18H2,1-2H3,(H,30,34). The van der Waals surface area contributed by atoms with Crippen molar-refractivity contribution in [2.45, 2.75) is 39.6 Å². The van der Waals surface area contributed by atoms with E-state index in [0.29, 0.717) is 42.0 Å². The molecule has 0 atom stereocenters. The Balaban J connectivity index is 1.44. The minimum absolute atomic E-state index is 0.158. The molecule has 1 amide bonds. The second kappa shape index (κ2) is 10.5. The molecule has 0 unspecified atom stereocenters. The maximum Gasteiger partial charge on any atom is 0.252 e. The van der Waals surface area contributed by atoms with E-state index in [-0.39, 0.29) is 12.0 Å². The molecular formula is C28H27N5O3. The SMILES string of the molecule is CC(C)OCc1cccc(CNC(=O)c2cc(-c3cccnc3)nc3c2cnn3Cc2ccco2)c1. The van der Waals surface area contributed by atoms with Crippen molar-refractivity contribution >= 4 is 16.9 Å². The highest BCUT2D eigenvalue weighted by Crippen LogP contribution is 2.25. The highest BCUT2D eigenvalue weighted by atomic mass is 16.5. The summed E-state index contributed by atoms with van der Waals surface area (Å²) in [5.41, 5.74) is 4.64. The highest BCUT2D eigenvalue weighted by Gasteiger charge is 2.18. The Morgan fingerprint density at radius 3 is 2.75 bits per heavy atom. The average molecular weight is 482 g/mol. The fourth-order valence-corrected chi connectivity index (χ4v) is 3.93. The summed E-state index contributed by atoms with van der Waals surface area (Å²) in [7, 11) is 0. The number of pyridine rings is 2. The molecule has 0 aliphatic heterocycles. The lowest BCUT2D eigenvalue weighted by atomic mass is 10.1. The van der Waals surface area contributed by atoms with Crippen molar-refractivity contribution in [3.63, 3.8) is 0 Å². The first-order valence-electron chi connectivity index (χ1n) is 11.8. The minimum atomic E-state index is -0.200. The number of ether oxygens (including phenoxy) is 1. The van der Waals surface area contributed by atoms with Crippen LogP contribution in [-0.4, -0.2) is 31.8 Å². The van der Waals surface area contributed by atoms with Crippen LogP contribution in [0.3, 0.4) is 0 Å². The fraction of sp³-hybridized carbons (Fsp3) is 0.214. The number of nitrogens with zero attached hydrogens (tertiary/aromatic N) is 4. The van der Waals surface area contributed by atoms with Crippen LogP contribution in [0.25, 0.3) is 22.3 Å². The number of hydrogen-bond donors (Lipinski definition) is 1. The molecule has 36 heavy (non-hydrogen) atoms. The van der Waals surface area contributed by atoms with Gasteiger partial charge < -0.3 is 14.5 Å². The molecule has 1 aromatic carbocycles. The van der Waals surface area contributed by atoms with Crippen molar-refractivity contribution in [2.24, 2.45) is 0 Å². The van der Waals surface area contributed by atoms with E-state index in [0.717, 1.165) is 22.5 Å². The van der Waals surface area contributed by atoms with Crippen LogP contribution < -0.4 is 5.32 Å². The van der Waals surface area contributed by atoms with E-state index >= 15 is 0 Å². The van der Waals surface area contributed by atoms with Gasteiger partial charge in [-0.1, -0.05) is 24.3 Å². The van der Waals surface area contributed by atoms with E-state index in [9.17, 15) is 4.79 Å². The second-order valence-electron chi connectivity index (χ2n) is 8.78. The van der Waals surface area contributed by atoms with Crippen LogP contribution in [0, 0.1) is 0 Å². The Morgan fingerprint density at radius 1 is 1.08 bits per heavy atom. The third-order valence-corrected chi connectivity index (χ3v) is 5.72. The van der Waals surface area contributed by atoms with Crippen LogP contribution in [-0.2, 0) is 24.4 Å². The molecule has 0 saturated heterocycles. The minimum Gasteiger partial charge on any atom is -0.467 e. The zero-order valence-corrected chi connectivity index (χ0v) is 20.2. The lowest BCUT2D eigenvalue weighted by molar-refractivity contribution is 0.0657. The predicted molar refractivity (Wildman–Crippen MR) is 136 cm³/mol. The lowest BCUT2D eigenvalue weighted by Crippen LogP contribution is -2.23. The first-order valence-corrected chi connectivity index (χ1v) is 11.8. The van der Waals surface area contributed by atoms with Crippen LogP contribution in [0.5, 0.6) is 0 Å². The second-order valence-corrected chi connectivity index (χ2v) is 8.78. The number of aromatic nitrogens is 4. The van der Waals surface area contributed by atoms with Crippen molar-refractivity contribution in [3.8, 4) is 11.3 Å². The van der Waals surface area contributed by atoms with Crippen molar-refractivity contribution < 1.29 is 13.9 Å². The normalized spacial score (nSPS) is 11.3. The van der Waals surface area contributed by atoms with Crippen LogP contribution in [0.2, 0.25) is 0 Å². The molecule has 8 nitrogen and oxygen atoms in total. The van der Waals surface area contributed by atoms with Crippen LogP contribution in [0.15, 0.2) is 83.9 Å². The van der Waals surface area contributed by atoms with Crippen LogP contribution >= 0.6 is 0 Å². The summed E-state index contributed by atoms with van der Waals surface area (Å²) in [6, 6.07) is 17.3. The third-order valence-electron chi connectivity index (χ3n) is 5.72. The maximum absolute atomic E-state index is 13.4. The summed E-state index contributed by atoms with van der Waals surface area (Å²) in [5.74, 6) is 0.551. The van der Waals surface area contributed by atoms with E-state index in [1.54, 1.807) is 35.6 Å². The first kappa shape index (κ1) is 23.4. The molecule has 4 heterocycles. The zero-order chi connectivity index (χ0) is 24.9. The van der Waals surface area contributed by atoms with E-state index in [1.807, 2.05) is 62.4 Å². The lowest BCUT2D eigenvalue weighted by Gasteiger charge is -2.11. The molecule has 0 spiro atoms. The number of amides is 1. The van der Waals surface area contributed by atoms with Gasteiger partial charge in [0.25, 0.3) is 5.91 Å². The molecule has 0 aliphatic rings. The Labute approximate surface area is 209 Å². The Kier molecular flexibility index (Phi) is 6.86. The molecule has 0 saturated carbocycles. The summed E-state index contributed by atoms with van der Waals surface area (Å²) >= 11 is 0. The summed E-state index contributed by atoms with van der Waals surface area (Å²) in [5, 5.41) is 8.22. The predicted octanol–water partition coefficient (Wildman–Crippen LogP) is 4.99. The van der Waals surface area contributed by atoms with Gasteiger partial charge in [0.05, 0.1) is 41.8 Å². The van der Waals surface area contributed by atoms with E-state index in [1.165, 1.54) is 0 Å². The topological polar surface area (TPSA) is 95.1 Å². The molecule has 1 N–H and O–H groups in total. The Bertz CT molecular complexity index is 1460. The van der Waals surface area contributed by atoms with E-state index in [2.05, 4.69) is 15.4 Å². The Hall–Kier alpha value is -4.30. The number of carbonyl (C=O) groups is 1. The Morgan fingerprint density at radius 2 is 1.97 bits per heavy atom. The van der Waals surface area contributed by atoms with Gasteiger partial charge in [-0.2, -0.15) is 5.10 Å². The van der Waals surface area contributed by atoms with Gasteiger partial charge in [0.2, 0.25) is 0 Å². The number of furan rings is 1. The third kappa shape index (κ3) is 5.34.